The van der Waals surface area contributed by atoms with E-state index in [0.717, 1.165) is 12.8 Å². The van der Waals surface area contributed by atoms with Crippen LogP contribution in [0, 0.1) is 0 Å². The van der Waals surface area contributed by atoms with Gasteiger partial charge >= 0.3 is 0 Å². The van der Waals surface area contributed by atoms with Gasteiger partial charge in [-0.3, -0.25) is 0 Å². The molecule has 0 amide bonds. The van der Waals surface area contributed by atoms with Crippen molar-refractivity contribution in [2.75, 3.05) is 6.61 Å². The summed E-state index contributed by atoms with van der Waals surface area (Å²) in [6.45, 7) is 5.99. The van der Waals surface area contributed by atoms with E-state index in [1.54, 1.807) is 0 Å². The lowest BCUT2D eigenvalue weighted by atomic mass is 10.1. The smallest absolute Gasteiger partial charge is 0.164 e. The van der Waals surface area contributed by atoms with E-state index >= 15 is 0 Å². The van der Waals surface area contributed by atoms with Gasteiger partial charge in [-0.1, -0.05) is 31.9 Å². The van der Waals surface area contributed by atoms with E-state index in [1.165, 1.54) is 12.8 Å². The average Bonchev–Trinajstić information content (AvgIpc) is 2.83. The first-order valence-electron chi connectivity index (χ1n) is 7.34. The summed E-state index contributed by atoms with van der Waals surface area (Å²) in [5.41, 5.74) is 0. The van der Waals surface area contributed by atoms with Gasteiger partial charge in [-0.2, -0.15) is 0 Å². The predicted octanol–water partition coefficient (Wildman–Crippen LogP) is 2.40. The Kier molecular flexibility index (Phi) is 5.01. The largest absolute Gasteiger partial charge is 0.394 e. The minimum atomic E-state index is -0.573. The second-order valence-corrected chi connectivity index (χ2v) is 5.81. The van der Waals surface area contributed by atoms with Crippen LogP contribution in [0.3, 0.4) is 0 Å². The number of unbranched alkanes of at least 4 members (excludes halogenated alkanes) is 2. The molecule has 2 heterocycles. The lowest BCUT2D eigenvalue weighted by Gasteiger charge is -2.23. The number of hydrogen-bond acceptors (Lipinski definition) is 4. The standard InChI is InChI=1S/C15H26O4/c1-4-5-6-7-8-9-11-13-14(12(10-16)17-11)19-15(2,3)18-13/h7-8,11-14,16H,4-6,9-10H2,1-3H3/b8-7+/t11-,12-,13+,14-/m1/s1. The molecule has 2 aliphatic heterocycles. The first-order chi connectivity index (χ1) is 9.07. The van der Waals surface area contributed by atoms with Crippen LogP contribution in [0.2, 0.25) is 0 Å². The number of fused-ring (bicyclic) bond motifs is 1. The SMILES string of the molecule is CCCC/C=C/C[C@H]1O[C@H](CO)[C@H]2OC(C)(C)O[C@H]21. The van der Waals surface area contributed by atoms with Crippen molar-refractivity contribution in [1.82, 2.24) is 0 Å². The zero-order valence-electron chi connectivity index (χ0n) is 12.2. The number of aliphatic hydroxyl groups is 1. The Morgan fingerprint density at radius 3 is 2.42 bits per heavy atom. The van der Waals surface area contributed by atoms with Gasteiger partial charge < -0.3 is 19.3 Å². The maximum absolute atomic E-state index is 9.36. The van der Waals surface area contributed by atoms with Gasteiger partial charge in [-0.25, -0.2) is 0 Å². The van der Waals surface area contributed by atoms with Crippen LogP contribution >= 0.6 is 0 Å². The third kappa shape index (κ3) is 3.57. The Bertz CT molecular complexity index is 313. The Labute approximate surface area is 115 Å². The van der Waals surface area contributed by atoms with Gasteiger partial charge in [0.05, 0.1) is 12.7 Å². The summed E-state index contributed by atoms with van der Waals surface area (Å²) in [4.78, 5) is 0. The second kappa shape index (κ2) is 6.35. The fraction of sp³-hybridized carbons (Fsp3) is 0.867. The molecule has 0 bridgehead atoms. The van der Waals surface area contributed by atoms with Crippen LogP contribution in [0.1, 0.15) is 46.5 Å². The molecule has 0 unspecified atom stereocenters. The molecule has 0 saturated carbocycles. The molecule has 110 valence electrons. The van der Waals surface area contributed by atoms with Gasteiger partial charge in [-0.05, 0) is 26.7 Å². The molecule has 4 heteroatoms. The lowest BCUT2D eigenvalue weighted by Crippen LogP contribution is -2.31. The van der Waals surface area contributed by atoms with Crippen molar-refractivity contribution < 1.29 is 19.3 Å². The summed E-state index contributed by atoms with van der Waals surface area (Å²) in [6.07, 6.45) is 8.25. The van der Waals surface area contributed by atoms with Gasteiger partial charge in [0.25, 0.3) is 0 Å². The van der Waals surface area contributed by atoms with Crippen molar-refractivity contribution in [3.05, 3.63) is 12.2 Å². The molecule has 0 aromatic carbocycles. The Morgan fingerprint density at radius 2 is 1.79 bits per heavy atom. The maximum Gasteiger partial charge on any atom is 0.164 e. The molecule has 4 atom stereocenters. The van der Waals surface area contributed by atoms with Gasteiger partial charge in [0.1, 0.15) is 18.3 Å². The lowest BCUT2D eigenvalue weighted by molar-refractivity contribution is -0.189. The van der Waals surface area contributed by atoms with Crippen LogP contribution < -0.4 is 0 Å². The average molecular weight is 270 g/mol. The van der Waals surface area contributed by atoms with Crippen LogP contribution in [0.4, 0.5) is 0 Å². The van der Waals surface area contributed by atoms with Gasteiger partial charge in [0.15, 0.2) is 5.79 Å². The normalized spacial score (nSPS) is 37.1. The van der Waals surface area contributed by atoms with Gasteiger partial charge in [0.2, 0.25) is 0 Å². The monoisotopic (exact) mass is 270 g/mol. The highest BCUT2D eigenvalue weighted by molar-refractivity contribution is 5.00. The summed E-state index contributed by atoms with van der Waals surface area (Å²) < 4.78 is 17.5. The summed E-state index contributed by atoms with van der Waals surface area (Å²) >= 11 is 0. The predicted molar refractivity (Wildman–Crippen MR) is 72.9 cm³/mol. The number of hydrogen-bond donors (Lipinski definition) is 1. The number of ether oxygens (including phenoxy) is 3. The van der Waals surface area contributed by atoms with E-state index in [2.05, 4.69) is 19.1 Å². The van der Waals surface area contributed by atoms with Gasteiger partial charge in [-0.15, -0.1) is 0 Å². The Hall–Kier alpha value is -0.420. The molecule has 2 fully saturated rings. The van der Waals surface area contributed by atoms with Crippen LogP contribution in [0.25, 0.3) is 0 Å². The first-order valence-corrected chi connectivity index (χ1v) is 7.34. The highest BCUT2D eigenvalue weighted by Crippen LogP contribution is 2.39. The van der Waals surface area contributed by atoms with Crippen LogP contribution in [-0.4, -0.2) is 41.9 Å². The third-order valence-corrected chi connectivity index (χ3v) is 3.69. The first kappa shape index (κ1) is 15.0. The molecule has 4 nitrogen and oxygen atoms in total. The topological polar surface area (TPSA) is 47.9 Å². The number of rotatable bonds is 6. The summed E-state index contributed by atoms with van der Waals surface area (Å²) in [5.74, 6) is -0.573. The molecule has 0 radical (unpaired) electrons. The van der Waals surface area contributed by atoms with Crippen molar-refractivity contribution in [3.8, 4) is 0 Å². The van der Waals surface area contributed by atoms with Crippen LogP contribution in [0.15, 0.2) is 12.2 Å². The third-order valence-electron chi connectivity index (χ3n) is 3.69. The minimum absolute atomic E-state index is 0.0122. The molecule has 1 N–H and O–H groups in total. The molecule has 0 aliphatic carbocycles. The fourth-order valence-electron chi connectivity index (χ4n) is 2.78. The summed E-state index contributed by atoms with van der Waals surface area (Å²) in [7, 11) is 0. The highest BCUT2D eigenvalue weighted by Gasteiger charge is 2.54. The molecule has 2 saturated heterocycles. The van der Waals surface area contributed by atoms with Crippen molar-refractivity contribution in [1.29, 1.82) is 0 Å². The van der Waals surface area contributed by atoms with Crippen molar-refractivity contribution >= 4 is 0 Å². The van der Waals surface area contributed by atoms with E-state index in [9.17, 15) is 5.11 Å². The number of aliphatic hydroxyl groups excluding tert-OH is 1. The zero-order valence-corrected chi connectivity index (χ0v) is 12.2. The van der Waals surface area contributed by atoms with E-state index in [4.69, 9.17) is 14.2 Å². The van der Waals surface area contributed by atoms with E-state index in [0.29, 0.717) is 0 Å². The van der Waals surface area contributed by atoms with E-state index < -0.39 is 5.79 Å². The maximum atomic E-state index is 9.36. The quantitative estimate of drug-likeness (QED) is 0.595. The summed E-state index contributed by atoms with van der Waals surface area (Å²) in [5, 5.41) is 9.36. The van der Waals surface area contributed by atoms with Crippen molar-refractivity contribution in [3.63, 3.8) is 0 Å². The fourth-order valence-corrected chi connectivity index (χ4v) is 2.78. The molecular formula is C15H26O4. The molecule has 0 spiro atoms. The highest BCUT2D eigenvalue weighted by atomic mass is 16.8. The zero-order chi connectivity index (χ0) is 13.9. The van der Waals surface area contributed by atoms with Crippen LogP contribution in [-0.2, 0) is 14.2 Å². The Morgan fingerprint density at radius 1 is 1.11 bits per heavy atom. The van der Waals surface area contributed by atoms with Crippen LogP contribution in [0.5, 0.6) is 0 Å². The molecule has 0 aromatic rings. The number of allylic oxidation sites excluding steroid dienone is 1. The van der Waals surface area contributed by atoms with Crippen molar-refractivity contribution in [2.45, 2.75) is 76.7 Å². The van der Waals surface area contributed by atoms with Crippen molar-refractivity contribution in [2.24, 2.45) is 0 Å². The Balaban J connectivity index is 1.89. The summed E-state index contributed by atoms with van der Waals surface area (Å²) in [6, 6.07) is 0. The molecule has 2 aliphatic rings. The molecular weight excluding hydrogens is 244 g/mol. The molecule has 19 heavy (non-hydrogen) atoms. The van der Waals surface area contributed by atoms with Gasteiger partial charge in [0, 0.05) is 0 Å². The molecule has 0 aromatic heterocycles. The minimum Gasteiger partial charge on any atom is -0.394 e. The molecule has 2 rings (SSSR count). The van der Waals surface area contributed by atoms with E-state index in [1.807, 2.05) is 13.8 Å². The van der Waals surface area contributed by atoms with E-state index in [-0.39, 0.29) is 31.0 Å². The second-order valence-electron chi connectivity index (χ2n) is 5.81.